The van der Waals surface area contributed by atoms with E-state index < -0.39 is 17.8 Å². The Morgan fingerprint density at radius 3 is 2.76 bits per heavy atom. The fourth-order valence-electron chi connectivity index (χ4n) is 6.40. The molecular formula is C35H49N9O5. The molecule has 1 saturated heterocycles. The van der Waals surface area contributed by atoms with Crippen LogP contribution in [0.5, 0.6) is 0 Å². The van der Waals surface area contributed by atoms with Crippen molar-refractivity contribution in [2.75, 3.05) is 38.3 Å². The van der Waals surface area contributed by atoms with Crippen molar-refractivity contribution < 1.29 is 23.7 Å². The molecule has 49 heavy (non-hydrogen) atoms. The molecular weight excluding hydrogens is 626 g/mol. The molecule has 0 amide bonds. The smallest absolute Gasteiger partial charge is 0.435 e. The number of hydrogen-bond acceptors (Lipinski definition) is 13. The molecule has 0 radical (unpaired) electrons. The number of nitrogens with zero attached hydrogens (tertiary/aromatic N) is 7. The second-order valence-corrected chi connectivity index (χ2v) is 13.2. The van der Waals surface area contributed by atoms with Crippen LogP contribution in [0.15, 0.2) is 30.5 Å². The lowest BCUT2D eigenvalue weighted by Gasteiger charge is -2.31. The number of carbonyl (C=O) groups is 1. The first-order chi connectivity index (χ1) is 23.8. The van der Waals surface area contributed by atoms with Gasteiger partial charge in [-0.2, -0.15) is 5.26 Å². The third-order valence-corrected chi connectivity index (χ3v) is 9.27. The van der Waals surface area contributed by atoms with E-state index in [0.717, 1.165) is 73.3 Å². The number of rotatable bonds is 15. The lowest BCUT2D eigenvalue weighted by atomic mass is 9.82. The molecule has 0 unspecified atom stereocenters. The van der Waals surface area contributed by atoms with Gasteiger partial charge in [-0.25, -0.2) is 9.78 Å². The number of carbonyl (C=O) groups excluding carboxylic acids is 1. The van der Waals surface area contributed by atoms with Gasteiger partial charge in [-0.05, 0) is 108 Å². The highest BCUT2D eigenvalue weighted by molar-refractivity contribution is 5.65. The predicted molar refractivity (Wildman–Crippen MR) is 181 cm³/mol. The number of anilines is 1. The summed E-state index contributed by atoms with van der Waals surface area (Å²) in [6, 6.07) is 11.3. The van der Waals surface area contributed by atoms with Crippen LogP contribution < -0.4 is 10.6 Å². The Morgan fingerprint density at radius 2 is 2.00 bits per heavy atom. The minimum atomic E-state index is -0.776. The Labute approximate surface area is 288 Å². The molecule has 4 heterocycles. The summed E-state index contributed by atoms with van der Waals surface area (Å²) in [7, 11) is 0. The van der Waals surface area contributed by atoms with Crippen LogP contribution in [0.3, 0.4) is 0 Å². The first kappa shape index (κ1) is 36.1. The Hall–Kier alpha value is -4.19. The van der Waals surface area contributed by atoms with Gasteiger partial charge in [0, 0.05) is 49.3 Å². The van der Waals surface area contributed by atoms with Crippen LogP contribution in [-0.2, 0) is 32.0 Å². The largest absolute Gasteiger partial charge is 0.510 e. The number of pyridine rings is 2. The fourth-order valence-corrected chi connectivity index (χ4v) is 6.40. The number of nitriles is 1. The third-order valence-electron chi connectivity index (χ3n) is 9.27. The summed E-state index contributed by atoms with van der Waals surface area (Å²) in [4.78, 5) is 22.4. The number of hydrogen-bond donors (Lipinski definition) is 2. The maximum atomic E-state index is 11.5. The topological polar surface area (TPSA) is 171 Å². The number of aromatic nitrogens is 6. The van der Waals surface area contributed by atoms with E-state index in [2.05, 4.69) is 52.0 Å². The zero-order valence-corrected chi connectivity index (χ0v) is 29.1. The normalized spacial score (nSPS) is 20.1. The van der Waals surface area contributed by atoms with E-state index >= 15 is 0 Å². The van der Waals surface area contributed by atoms with Crippen molar-refractivity contribution in [1.82, 2.24) is 35.5 Å². The molecule has 0 spiro atoms. The van der Waals surface area contributed by atoms with Gasteiger partial charge in [0.15, 0.2) is 0 Å². The van der Waals surface area contributed by atoms with Gasteiger partial charge in [-0.3, -0.25) is 4.98 Å². The van der Waals surface area contributed by atoms with E-state index in [4.69, 9.17) is 28.9 Å². The van der Waals surface area contributed by atoms with Crippen LogP contribution >= 0.6 is 0 Å². The Bertz CT molecular complexity index is 1550. The molecule has 3 aromatic heterocycles. The molecule has 5 rings (SSSR count). The lowest BCUT2D eigenvalue weighted by molar-refractivity contribution is -0.00552. The van der Waals surface area contributed by atoms with Gasteiger partial charge in [0.05, 0.1) is 30.4 Å². The molecule has 2 fully saturated rings. The molecule has 2 N–H and O–H groups in total. The first-order valence-electron chi connectivity index (χ1n) is 17.4. The van der Waals surface area contributed by atoms with Gasteiger partial charge >= 0.3 is 6.16 Å². The van der Waals surface area contributed by atoms with Crippen LogP contribution in [-0.4, -0.2) is 81.4 Å². The average Bonchev–Trinajstić information content (AvgIpc) is 3.59. The minimum Gasteiger partial charge on any atom is -0.435 e. The summed E-state index contributed by atoms with van der Waals surface area (Å²) < 4.78 is 21.2. The predicted octanol–water partition coefficient (Wildman–Crippen LogP) is 5.16. The number of aryl methyl sites for hydroxylation is 1. The maximum absolute atomic E-state index is 11.5. The van der Waals surface area contributed by atoms with Gasteiger partial charge < -0.3 is 29.6 Å². The first-order valence-corrected chi connectivity index (χ1v) is 17.4. The van der Waals surface area contributed by atoms with E-state index in [0.29, 0.717) is 44.1 Å². The number of ether oxygens (including phenoxy) is 4. The molecule has 14 nitrogen and oxygen atoms in total. The Balaban J connectivity index is 1.04. The van der Waals surface area contributed by atoms with E-state index in [9.17, 15) is 10.1 Å². The molecule has 1 aliphatic heterocycles. The van der Waals surface area contributed by atoms with Crippen molar-refractivity contribution in [2.24, 2.45) is 11.3 Å². The summed E-state index contributed by atoms with van der Waals surface area (Å²) in [6.07, 6.45) is 7.35. The molecule has 2 atom stereocenters. The van der Waals surface area contributed by atoms with Crippen LogP contribution in [0.1, 0.15) is 82.6 Å². The Morgan fingerprint density at radius 1 is 1.20 bits per heavy atom. The quantitative estimate of drug-likeness (QED) is 0.203. The highest BCUT2D eigenvalue weighted by Crippen LogP contribution is 2.31. The summed E-state index contributed by atoms with van der Waals surface area (Å²) in [6.45, 7) is 10.3. The standard InChI is InChI=1S/C35H49N9O5/c1-5-48-34(45)49-26(4)44-42-33(41-43-44)21-47-20-25(3)39-28-11-9-27(10-12-28)17-29-18-30(24(2)19-37-29)31-7-6-8-32(40-31)38-23-35(22-36)13-15-46-16-14-35/h6-8,18-19,25-28,39H,5,9-17,20-21,23H2,1-4H3,(H,38,40)/t25-,26+,27?,28?/m0/s1. The average molecular weight is 676 g/mol. The van der Waals surface area contributed by atoms with Crippen molar-refractivity contribution in [3.05, 3.63) is 47.5 Å². The molecule has 0 bridgehead atoms. The minimum absolute atomic E-state index is 0.170. The van der Waals surface area contributed by atoms with Crippen LogP contribution in [0.2, 0.25) is 0 Å². The molecule has 14 heteroatoms. The van der Waals surface area contributed by atoms with Crippen LogP contribution in [0.4, 0.5) is 10.6 Å². The van der Waals surface area contributed by atoms with Crippen molar-refractivity contribution in [3.63, 3.8) is 0 Å². The van der Waals surface area contributed by atoms with Gasteiger partial charge in [0.1, 0.15) is 12.4 Å². The summed E-state index contributed by atoms with van der Waals surface area (Å²) in [5, 5.41) is 29.1. The van der Waals surface area contributed by atoms with Crippen LogP contribution in [0, 0.1) is 29.6 Å². The molecule has 264 valence electrons. The second kappa shape index (κ2) is 17.5. The second-order valence-electron chi connectivity index (χ2n) is 13.2. The lowest BCUT2D eigenvalue weighted by Crippen LogP contribution is -2.41. The van der Waals surface area contributed by atoms with Crippen molar-refractivity contribution >= 4 is 12.0 Å². The van der Waals surface area contributed by atoms with Crippen molar-refractivity contribution in [1.29, 1.82) is 5.26 Å². The monoisotopic (exact) mass is 675 g/mol. The van der Waals surface area contributed by atoms with Crippen molar-refractivity contribution in [2.45, 2.75) is 97.6 Å². The third kappa shape index (κ3) is 10.4. The molecule has 1 aliphatic carbocycles. The molecule has 2 aliphatic rings. The number of nitrogens with one attached hydrogen (secondary N) is 2. The molecule has 1 saturated carbocycles. The zero-order chi connectivity index (χ0) is 34.6. The van der Waals surface area contributed by atoms with Crippen LogP contribution in [0.25, 0.3) is 11.3 Å². The fraction of sp³-hybridized carbons (Fsp3) is 0.629. The van der Waals surface area contributed by atoms with E-state index in [1.807, 2.05) is 24.4 Å². The van der Waals surface area contributed by atoms with E-state index in [1.165, 1.54) is 4.80 Å². The summed E-state index contributed by atoms with van der Waals surface area (Å²) >= 11 is 0. The highest BCUT2D eigenvalue weighted by Gasteiger charge is 2.32. The van der Waals surface area contributed by atoms with E-state index in [-0.39, 0.29) is 19.3 Å². The van der Waals surface area contributed by atoms with Crippen molar-refractivity contribution in [3.8, 4) is 17.3 Å². The van der Waals surface area contributed by atoms with E-state index in [1.54, 1.807) is 13.8 Å². The van der Waals surface area contributed by atoms with Gasteiger partial charge in [0.25, 0.3) is 0 Å². The summed E-state index contributed by atoms with van der Waals surface area (Å²) in [5.41, 5.74) is 3.77. The highest BCUT2D eigenvalue weighted by atomic mass is 16.7. The number of tetrazole rings is 1. The SMILES string of the molecule is CCOC(=O)O[C@H](C)n1nnc(COC[C@H](C)NC2CCC(Cc3cc(-c4cccc(NCC5(C#N)CCOCC5)n4)c(C)cn3)CC2)n1. The zero-order valence-electron chi connectivity index (χ0n) is 29.1. The maximum Gasteiger partial charge on any atom is 0.510 e. The van der Waals surface area contributed by atoms with Gasteiger partial charge in [0.2, 0.25) is 12.1 Å². The van der Waals surface area contributed by atoms with Gasteiger partial charge in [-0.15, -0.1) is 15.0 Å². The Kier molecular flexibility index (Phi) is 12.9. The molecule has 3 aromatic rings. The molecule has 0 aromatic carbocycles. The van der Waals surface area contributed by atoms with Gasteiger partial charge in [-0.1, -0.05) is 6.07 Å². The summed E-state index contributed by atoms with van der Waals surface area (Å²) in [5.74, 6) is 1.78.